The van der Waals surface area contributed by atoms with Crippen LogP contribution in [0.2, 0.25) is 0 Å². The Labute approximate surface area is 114 Å². The summed E-state index contributed by atoms with van der Waals surface area (Å²) in [6.45, 7) is 3.62. The summed E-state index contributed by atoms with van der Waals surface area (Å²) in [4.78, 5) is 1.59. The fourth-order valence-corrected chi connectivity index (χ4v) is 1.79. The van der Waals surface area contributed by atoms with Gasteiger partial charge in [0.15, 0.2) is 0 Å². The zero-order chi connectivity index (χ0) is 10.6. The molecule has 0 rings (SSSR count). The van der Waals surface area contributed by atoms with Crippen molar-refractivity contribution < 1.29 is 28.9 Å². The van der Waals surface area contributed by atoms with E-state index >= 15 is 0 Å². The SMILES string of the molecule is CCCCCCCCCCC[NH+](C)C.[I-]. The molecule has 0 aromatic rings. The molecular weight excluding hydrogens is 297 g/mol. The van der Waals surface area contributed by atoms with Crippen LogP contribution in [0.5, 0.6) is 0 Å². The molecule has 0 radical (unpaired) electrons. The first-order chi connectivity index (χ1) is 6.77. The van der Waals surface area contributed by atoms with Crippen LogP contribution >= 0.6 is 0 Å². The van der Waals surface area contributed by atoms with Crippen LogP contribution in [0.3, 0.4) is 0 Å². The molecule has 94 valence electrons. The van der Waals surface area contributed by atoms with Crippen LogP contribution in [0, 0.1) is 0 Å². The molecule has 0 spiro atoms. The van der Waals surface area contributed by atoms with Crippen molar-refractivity contribution in [3.8, 4) is 0 Å². The van der Waals surface area contributed by atoms with Gasteiger partial charge in [-0.25, -0.2) is 0 Å². The number of hydrogen-bond acceptors (Lipinski definition) is 0. The third-order valence-electron chi connectivity index (χ3n) is 2.78. The second-order valence-corrected chi connectivity index (χ2v) is 4.79. The second kappa shape index (κ2) is 14.7. The lowest BCUT2D eigenvalue weighted by Gasteiger charge is -2.06. The topological polar surface area (TPSA) is 4.44 Å². The summed E-state index contributed by atoms with van der Waals surface area (Å²) < 4.78 is 0. The van der Waals surface area contributed by atoms with Crippen LogP contribution in [0.1, 0.15) is 64.7 Å². The Morgan fingerprint density at radius 1 is 0.667 bits per heavy atom. The third-order valence-corrected chi connectivity index (χ3v) is 2.78. The Morgan fingerprint density at radius 2 is 1.07 bits per heavy atom. The van der Waals surface area contributed by atoms with Gasteiger partial charge in [0, 0.05) is 0 Å². The minimum Gasteiger partial charge on any atom is -1.00 e. The maximum Gasteiger partial charge on any atom is 0.0766 e. The Kier molecular flexibility index (Phi) is 17.7. The molecule has 0 saturated carbocycles. The molecule has 0 aliphatic rings. The zero-order valence-electron chi connectivity index (χ0n) is 10.9. The van der Waals surface area contributed by atoms with Crippen molar-refractivity contribution in [1.82, 2.24) is 0 Å². The van der Waals surface area contributed by atoms with E-state index in [0.29, 0.717) is 0 Å². The first-order valence-corrected chi connectivity index (χ1v) is 6.56. The molecule has 0 saturated heterocycles. The molecule has 0 aromatic carbocycles. The van der Waals surface area contributed by atoms with Gasteiger partial charge >= 0.3 is 0 Å². The van der Waals surface area contributed by atoms with Gasteiger partial charge in [-0.3, -0.25) is 0 Å². The molecule has 0 aromatic heterocycles. The Bertz CT molecular complexity index is 105. The maximum atomic E-state index is 2.28. The van der Waals surface area contributed by atoms with E-state index < -0.39 is 0 Å². The van der Waals surface area contributed by atoms with Gasteiger partial charge in [0.1, 0.15) is 0 Å². The highest BCUT2D eigenvalue weighted by Gasteiger charge is 1.94. The van der Waals surface area contributed by atoms with Crippen molar-refractivity contribution in [2.75, 3.05) is 20.6 Å². The number of hydrogen-bond donors (Lipinski definition) is 1. The van der Waals surface area contributed by atoms with Crippen molar-refractivity contribution in [2.24, 2.45) is 0 Å². The number of quaternary nitrogens is 1. The van der Waals surface area contributed by atoms with Gasteiger partial charge in [0.05, 0.1) is 20.6 Å². The predicted octanol–water partition coefficient (Wildman–Crippen LogP) is -0.334. The van der Waals surface area contributed by atoms with Gasteiger partial charge in [-0.1, -0.05) is 51.9 Å². The summed E-state index contributed by atoms with van der Waals surface area (Å²) in [5.74, 6) is 0. The second-order valence-electron chi connectivity index (χ2n) is 4.79. The number of nitrogens with one attached hydrogen (secondary N) is 1. The largest absolute Gasteiger partial charge is 1.00 e. The number of halogens is 1. The van der Waals surface area contributed by atoms with E-state index in [-0.39, 0.29) is 24.0 Å². The Hall–Kier alpha value is 0.690. The highest BCUT2D eigenvalue weighted by atomic mass is 127. The van der Waals surface area contributed by atoms with E-state index in [9.17, 15) is 0 Å². The first-order valence-electron chi connectivity index (χ1n) is 6.56. The minimum atomic E-state index is 0. The predicted molar refractivity (Wildman–Crippen MR) is 64.9 cm³/mol. The van der Waals surface area contributed by atoms with Crippen molar-refractivity contribution >= 4 is 0 Å². The van der Waals surface area contributed by atoms with E-state index in [4.69, 9.17) is 0 Å². The van der Waals surface area contributed by atoms with Gasteiger partial charge in [0.2, 0.25) is 0 Å². The van der Waals surface area contributed by atoms with Crippen LogP contribution in [-0.4, -0.2) is 20.6 Å². The van der Waals surface area contributed by atoms with Crippen LogP contribution in [0.15, 0.2) is 0 Å². The van der Waals surface area contributed by atoms with Crippen LogP contribution in [0.4, 0.5) is 0 Å². The van der Waals surface area contributed by atoms with Gasteiger partial charge in [-0.15, -0.1) is 0 Å². The monoisotopic (exact) mass is 327 g/mol. The standard InChI is InChI=1S/C13H29N.HI/c1-4-5-6-7-8-9-10-11-12-13-14(2)3;/h4-13H2,1-3H3;1H. The van der Waals surface area contributed by atoms with Crippen molar-refractivity contribution in [3.05, 3.63) is 0 Å². The first kappa shape index (κ1) is 18.1. The quantitative estimate of drug-likeness (QED) is 0.414. The lowest BCUT2D eigenvalue weighted by molar-refractivity contribution is -0.858. The van der Waals surface area contributed by atoms with Gasteiger partial charge in [0.25, 0.3) is 0 Å². The van der Waals surface area contributed by atoms with Crippen LogP contribution in [-0.2, 0) is 0 Å². The number of rotatable bonds is 10. The summed E-state index contributed by atoms with van der Waals surface area (Å²) in [6, 6.07) is 0. The summed E-state index contributed by atoms with van der Waals surface area (Å²) in [7, 11) is 4.48. The molecule has 2 heteroatoms. The van der Waals surface area contributed by atoms with Crippen LogP contribution in [0.25, 0.3) is 0 Å². The molecule has 0 atom stereocenters. The normalized spacial score (nSPS) is 10.4. The summed E-state index contributed by atoms with van der Waals surface area (Å²) in [5.41, 5.74) is 0. The van der Waals surface area contributed by atoms with E-state index in [1.165, 1.54) is 64.3 Å². The minimum absolute atomic E-state index is 0. The molecule has 1 nitrogen and oxygen atoms in total. The Balaban J connectivity index is 0. The van der Waals surface area contributed by atoms with Gasteiger partial charge < -0.3 is 28.9 Å². The molecular formula is C13H30IN. The smallest absolute Gasteiger partial charge is 0.0766 e. The molecule has 0 fully saturated rings. The molecule has 15 heavy (non-hydrogen) atoms. The average Bonchev–Trinajstić information content (AvgIpc) is 2.15. The van der Waals surface area contributed by atoms with Gasteiger partial charge in [-0.2, -0.15) is 0 Å². The van der Waals surface area contributed by atoms with E-state index in [1.807, 2.05) is 0 Å². The lowest BCUT2D eigenvalue weighted by atomic mass is 10.1. The summed E-state index contributed by atoms with van der Waals surface area (Å²) in [6.07, 6.45) is 13.0. The Morgan fingerprint density at radius 3 is 1.47 bits per heavy atom. The average molecular weight is 327 g/mol. The zero-order valence-corrected chi connectivity index (χ0v) is 13.1. The lowest BCUT2D eigenvalue weighted by Crippen LogP contribution is -3.05. The van der Waals surface area contributed by atoms with E-state index in [0.717, 1.165) is 0 Å². The van der Waals surface area contributed by atoms with Gasteiger partial charge in [-0.05, 0) is 12.8 Å². The van der Waals surface area contributed by atoms with Crippen LogP contribution < -0.4 is 28.9 Å². The molecule has 0 aliphatic carbocycles. The van der Waals surface area contributed by atoms with E-state index in [1.54, 1.807) is 4.90 Å². The maximum absolute atomic E-state index is 2.28. The highest BCUT2D eigenvalue weighted by Crippen LogP contribution is 2.08. The summed E-state index contributed by atoms with van der Waals surface area (Å²) >= 11 is 0. The number of unbranched alkanes of at least 4 members (excludes halogenated alkanes) is 8. The molecule has 0 heterocycles. The molecule has 0 aliphatic heterocycles. The van der Waals surface area contributed by atoms with Crippen molar-refractivity contribution in [2.45, 2.75) is 64.7 Å². The third kappa shape index (κ3) is 17.3. The highest BCUT2D eigenvalue weighted by molar-refractivity contribution is 4.45. The molecule has 0 unspecified atom stereocenters. The molecule has 1 N–H and O–H groups in total. The fraction of sp³-hybridized carbons (Fsp3) is 1.00. The molecule has 0 bridgehead atoms. The van der Waals surface area contributed by atoms with Crippen molar-refractivity contribution in [3.63, 3.8) is 0 Å². The van der Waals surface area contributed by atoms with Crippen molar-refractivity contribution in [1.29, 1.82) is 0 Å². The fourth-order valence-electron chi connectivity index (χ4n) is 1.79. The van der Waals surface area contributed by atoms with E-state index in [2.05, 4.69) is 21.0 Å². The molecule has 0 amide bonds. The summed E-state index contributed by atoms with van der Waals surface area (Å²) in [5, 5.41) is 0.